The number of benzene rings is 1. The average Bonchev–Trinajstić information content (AvgIpc) is 2.93. The third-order valence-corrected chi connectivity index (χ3v) is 2.83. The molecule has 0 bridgehead atoms. The zero-order chi connectivity index (χ0) is 15.4. The van der Waals surface area contributed by atoms with Gasteiger partial charge in [0.15, 0.2) is 5.82 Å². The monoisotopic (exact) mass is 292 g/mol. The number of nitrogens with one attached hydrogen (secondary N) is 2. The fourth-order valence-corrected chi connectivity index (χ4v) is 1.86. The van der Waals surface area contributed by atoms with Crippen LogP contribution in [0.4, 0.5) is 23.3 Å². The Kier molecular flexibility index (Phi) is 3.66. The summed E-state index contributed by atoms with van der Waals surface area (Å²) in [6.45, 7) is 1.80. The Balaban J connectivity index is 1.81. The molecule has 2 N–H and O–H groups in total. The van der Waals surface area contributed by atoms with Crippen molar-refractivity contribution in [2.45, 2.75) is 6.92 Å². The number of anilines is 4. The highest BCUT2D eigenvalue weighted by molar-refractivity contribution is 5.65. The molecule has 7 nitrogen and oxygen atoms in total. The quantitative estimate of drug-likeness (QED) is 0.761. The third-order valence-electron chi connectivity index (χ3n) is 2.83. The van der Waals surface area contributed by atoms with Gasteiger partial charge in [0.05, 0.1) is 11.3 Å². The van der Waals surface area contributed by atoms with E-state index in [0.717, 1.165) is 0 Å². The number of aromatic nitrogens is 3. The lowest BCUT2D eigenvalue weighted by Crippen LogP contribution is -2.01. The smallest absolute Gasteiger partial charge is 0.230 e. The molecule has 0 spiro atoms. The minimum absolute atomic E-state index is 0.382. The average molecular weight is 292 g/mol. The Morgan fingerprint density at radius 3 is 2.77 bits per heavy atom. The number of hydrogen-bond acceptors (Lipinski definition) is 7. The molecule has 0 amide bonds. The molecular formula is C15H12N6O. The van der Waals surface area contributed by atoms with Gasteiger partial charge < -0.3 is 15.2 Å². The highest BCUT2D eigenvalue weighted by atomic mass is 16.5. The van der Waals surface area contributed by atoms with Gasteiger partial charge in [0.25, 0.3) is 0 Å². The third kappa shape index (κ3) is 3.02. The lowest BCUT2D eigenvalue weighted by atomic mass is 10.2. The van der Waals surface area contributed by atoms with Gasteiger partial charge in [-0.1, -0.05) is 17.3 Å². The SMILES string of the molecule is Cc1cc(Nc2nccc(Nc3ccccc3C#N)n2)no1. The van der Waals surface area contributed by atoms with Crippen LogP contribution in [-0.4, -0.2) is 15.1 Å². The first kappa shape index (κ1) is 13.6. The van der Waals surface area contributed by atoms with Crippen LogP contribution < -0.4 is 10.6 Å². The molecule has 1 aromatic carbocycles. The van der Waals surface area contributed by atoms with E-state index in [0.29, 0.717) is 34.6 Å². The predicted octanol–water partition coefficient (Wildman–Crippen LogP) is 3.13. The van der Waals surface area contributed by atoms with E-state index >= 15 is 0 Å². The molecule has 0 aliphatic carbocycles. The van der Waals surface area contributed by atoms with Crippen molar-refractivity contribution in [3.8, 4) is 6.07 Å². The van der Waals surface area contributed by atoms with Crippen molar-refractivity contribution in [1.82, 2.24) is 15.1 Å². The number of hydrogen-bond donors (Lipinski definition) is 2. The normalized spacial score (nSPS) is 10.0. The number of nitriles is 1. The van der Waals surface area contributed by atoms with Gasteiger partial charge in [-0.2, -0.15) is 10.2 Å². The lowest BCUT2D eigenvalue weighted by molar-refractivity contribution is 0.400. The second kappa shape index (κ2) is 5.93. The number of aryl methyl sites for hydroxylation is 1. The lowest BCUT2D eigenvalue weighted by Gasteiger charge is -2.08. The maximum absolute atomic E-state index is 9.09. The van der Waals surface area contributed by atoms with Crippen LogP contribution in [0.15, 0.2) is 47.1 Å². The van der Waals surface area contributed by atoms with Crippen molar-refractivity contribution >= 4 is 23.3 Å². The van der Waals surface area contributed by atoms with Crippen molar-refractivity contribution in [3.05, 3.63) is 53.9 Å². The van der Waals surface area contributed by atoms with E-state index in [4.69, 9.17) is 9.78 Å². The van der Waals surface area contributed by atoms with Crippen molar-refractivity contribution in [2.24, 2.45) is 0 Å². The fourth-order valence-electron chi connectivity index (χ4n) is 1.86. The van der Waals surface area contributed by atoms with Gasteiger partial charge in [-0.05, 0) is 25.1 Å². The van der Waals surface area contributed by atoms with Gasteiger partial charge >= 0.3 is 0 Å². The molecule has 0 aliphatic rings. The first-order chi connectivity index (χ1) is 10.7. The summed E-state index contributed by atoms with van der Waals surface area (Å²) in [5, 5.41) is 19.0. The Morgan fingerprint density at radius 1 is 1.14 bits per heavy atom. The summed E-state index contributed by atoms with van der Waals surface area (Å²) >= 11 is 0. The molecule has 22 heavy (non-hydrogen) atoms. The van der Waals surface area contributed by atoms with Crippen molar-refractivity contribution in [3.63, 3.8) is 0 Å². The van der Waals surface area contributed by atoms with Crippen LogP contribution in [0.1, 0.15) is 11.3 Å². The summed E-state index contributed by atoms with van der Waals surface area (Å²) < 4.78 is 4.97. The maximum Gasteiger partial charge on any atom is 0.230 e. The number of nitrogens with zero attached hydrogens (tertiary/aromatic N) is 4. The van der Waals surface area contributed by atoms with E-state index in [2.05, 4.69) is 31.8 Å². The molecule has 0 fully saturated rings. The van der Waals surface area contributed by atoms with E-state index in [9.17, 15) is 0 Å². The summed E-state index contributed by atoms with van der Waals surface area (Å²) in [4.78, 5) is 8.44. The zero-order valence-electron chi connectivity index (χ0n) is 11.7. The van der Waals surface area contributed by atoms with Crippen molar-refractivity contribution in [1.29, 1.82) is 5.26 Å². The first-order valence-corrected chi connectivity index (χ1v) is 6.54. The highest BCUT2D eigenvalue weighted by Gasteiger charge is 2.06. The summed E-state index contributed by atoms with van der Waals surface area (Å²) in [6.07, 6.45) is 1.61. The molecule has 0 unspecified atom stereocenters. The Hall–Kier alpha value is -3.40. The van der Waals surface area contributed by atoms with Gasteiger partial charge in [0.2, 0.25) is 5.95 Å². The Bertz CT molecular complexity index is 836. The van der Waals surface area contributed by atoms with E-state index in [1.54, 1.807) is 31.3 Å². The van der Waals surface area contributed by atoms with E-state index in [1.807, 2.05) is 18.2 Å². The summed E-state index contributed by atoms with van der Waals surface area (Å²) in [5.41, 5.74) is 1.23. The van der Waals surface area contributed by atoms with Gasteiger partial charge in [-0.3, -0.25) is 0 Å². The summed E-state index contributed by atoms with van der Waals surface area (Å²) in [5.74, 6) is 2.18. The second-order valence-corrected chi connectivity index (χ2v) is 4.50. The standard InChI is InChI=1S/C15H12N6O/c1-10-8-14(21-22-10)20-15-17-7-6-13(19-15)18-12-5-3-2-4-11(12)9-16/h2-8H,1H3,(H2,17,18,19,20,21). The van der Waals surface area contributed by atoms with E-state index in [1.165, 1.54) is 0 Å². The second-order valence-electron chi connectivity index (χ2n) is 4.50. The van der Waals surface area contributed by atoms with Gasteiger partial charge in [0, 0.05) is 12.3 Å². The van der Waals surface area contributed by atoms with Crippen LogP contribution in [-0.2, 0) is 0 Å². The molecule has 7 heteroatoms. The Morgan fingerprint density at radius 2 is 2.00 bits per heavy atom. The molecule has 108 valence electrons. The topological polar surface area (TPSA) is 99.7 Å². The van der Waals surface area contributed by atoms with Crippen molar-refractivity contribution < 1.29 is 4.52 Å². The minimum Gasteiger partial charge on any atom is -0.360 e. The zero-order valence-corrected chi connectivity index (χ0v) is 11.7. The molecule has 0 saturated carbocycles. The van der Waals surface area contributed by atoms with Gasteiger partial charge in [-0.15, -0.1) is 0 Å². The molecule has 3 rings (SSSR count). The largest absolute Gasteiger partial charge is 0.360 e. The van der Waals surface area contributed by atoms with E-state index < -0.39 is 0 Å². The highest BCUT2D eigenvalue weighted by Crippen LogP contribution is 2.20. The molecule has 0 saturated heterocycles. The summed E-state index contributed by atoms with van der Waals surface area (Å²) in [7, 11) is 0. The molecule has 2 aromatic heterocycles. The van der Waals surface area contributed by atoms with Crippen LogP contribution >= 0.6 is 0 Å². The van der Waals surface area contributed by atoms with Crippen LogP contribution in [0.2, 0.25) is 0 Å². The Labute approximate surface area is 126 Å². The first-order valence-electron chi connectivity index (χ1n) is 6.54. The van der Waals surface area contributed by atoms with Crippen LogP contribution in [0, 0.1) is 18.3 Å². The van der Waals surface area contributed by atoms with Gasteiger partial charge in [-0.25, -0.2) is 4.98 Å². The predicted molar refractivity (Wildman–Crippen MR) is 81.0 cm³/mol. The fraction of sp³-hybridized carbons (Fsp3) is 0.0667. The number of para-hydroxylation sites is 1. The van der Waals surface area contributed by atoms with Crippen LogP contribution in [0.3, 0.4) is 0 Å². The molecule has 0 radical (unpaired) electrons. The van der Waals surface area contributed by atoms with E-state index in [-0.39, 0.29) is 0 Å². The minimum atomic E-state index is 0.382. The van der Waals surface area contributed by atoms with Crippen LogP contribution in [0.5, 0.6) is 0 Å². The molecule has 2 heterocycles. The maximum atomic E-state index is 9.09. The van der Waals surface area contributed by atoms with Crippen LogP contribution in [0.25, 0.3) is 0 Å². The van der Waals surface area contributed by atoms with Gasteiger partial charge in [0.1, 0.15) is 17.6 Å². The molecule has 3 aromatic rings. The summed E-state index contributed by atoms with van der Waals surface area (Å²) in [6, 6.07) is 12.8. The molecular weight excluding hydrogens is 280 g/mol. The molecule has 0 aliphatic heterocycles. The molecule has 0 atom stereocenters. The number of rotatable bonds is 4. The van der Waals surface area contributed by atoms with Crippen molar-refractivity contribution in [2.75, 3.05) is 10.6 Å².